The van der Waals surface area contributed by atoms with Crippen molar-refractivity contribution in [2.24, 2.45) is 23.5 Å². The highest BCUT2D eigenvalue weighted by atomic mass is 35.5. The lowest BCUT2D eigenvalue weighted by Crippen LogP contribution is -2.45. The summed E-state index contributed by atoms with van der Waals surface area (Å²) in [6.45, 7) is 2.79. The molecule has 2 fully saturated rings. The van der Waals surface area contributed by atoms with Crippen LogP contribution in [0.2, 0.25) is 0 Å². The van der Waals surface area contributed by atoms with E-state index in [4.69, 9.17) is 5.73 Å². The second-order valence-electron chi connectivity index (χ2n) is 6.57. The van der Waals surface area contributed by atoms with E-state index in [1.54, 1.807) is 11.3 Å². The van der Waals surface area contributed by atoms with E-state index in [2.05, 4.69) is 15.7 Å². The van der Waals surface area contributed by atoms with Crippen molar-refractivity contribution >= 4 is 42.1 Å². The number of halogens is 2. The summed E-state index contributed by atoms with van der Waals surface area (Å²) in [6.07, 6.45) is 6.70. The van der Waals surface area contributed by atoms with Crippen LogP contribution in [0.4, 0.5) is 0 Å². The molecular formula is C16H27Cl2N3OS. The molecule has 7 heteroatoms. The van der Waals surface area contributed by atoms with Crippen LogP contribution in [0.25, 0.3) is 0 Å². The summed E-state index contributed by atoms with van der Waals surface area (Å²) < 4.78 is 0. The number of nitrogens with zero attached hydrogens (tertiary/aromatic N) is 1. The van der Waals surface area contributed by atoms with Gasteiger partial charge in [0.2, 0.25) is 5.91 Å². The molecule has 0 saturated heterocycles. The van der Waals surface area contributed by atoms with E-state index in [0.717, 1.165) is 31.5 Å². The number of thiazole rings is 1. The van der Waals surface area contributed by atoms with Crippen molar-refractivity contribution in [1.82, 2.24) is 10.3 Å². The Morgan fingerprint density at radius 1 is 1.35 bits per heavy atom. The first kappa shape index (κ1) is 20.7. The van der Waals surface area contributed by atoms with Crippen LogP contribution < -0.4 is 11.1 Å². The average Bonchev–Trinajstić information content (AvgIpc) is 3.14. The lowest BCUT2D eigenvalue weighted by molar-refractivity contribution is -0.127. The maximum atomic E-state index is 12.3. The predicted octanol–water partition coefficient (Wildman–Crippen LogP) is 3.11. The first-order valence-electron chi connectivity index (χ1n) is 8.09. The molecule has 1 heterocycles. The number of amides is 1. The maximum Gasteiger partial charge on any atom is 0.224 e. The van der Waals surface area contributed by atoms with Gasteiger partial charge in [0.25, 0.3) is 0 Å². The van der Waals surface area contributed by atoms with Crippen LogP contribution in [0, 0.1) is 24.7 Å². The highest BCUT2D eigenvalue weighted by molar-refractivity contribution is 7.09. The minimum absolute atomic E-state index is 0. The fourth-order valence-electron chi connectivity index (χ4n) is 3.97. The fourth-order valence-corrected chi connectivity index (χ4v) is 4.79. The monoisotopic (exact) mass is 379 g/mol. The number of fused-ring (bicyclic) bond motifs is 2. The third-order valence-electron chi connectivity index (χ3n) is 5.07. The number of unbranched alkanes of at least 4 members (excludes halogenated alkanes) is 1. The molecule has 4 nitrogen and oxygen atoms in total. The van der Waals surface area contributed by atoms with Crippen LogP contribution >= 0.6 is 36.2 Å². The van der Waals surface area contributed by atoms with Gasteiger partial charge in [-0.2, -0.15) is 0 Å². The summed E-state index contributed by atoms with van der Waals surface area (Å²) in [6, 6.07) is 0.0991. The fraction of sp³-hybridized carbons (Fsp3) is 0.750. The van der Waals surface area contributed by atoms with Gasteiger partial charge in [0.05, 0.1) is 10.9 Å². The number of aryl methyl sites for hydroxylation is 2. The van der Waals surface area contributed by atoms with Crippen molar-refractivity contribution in [3.05, 3.63) is 16.1 Å². The van der Waals surface area contributed by atoms with E-state index < -0.39 is 0 Å². The number of hydrogen-bond acceptors (Lipinski definition) is 4. The third-order valence-corrected chi connectivity index (χ3v) is 6.09. The van der Waals surface area contributed by atoms with Gasteiger partial charge in [-0.1, -0.05) is 0 Å². The third kappa shape index (κ3) is 4.81. The van der Waals surface area contributed by atoms with Crippen molar-refractivity contribution in [1.29, 1.82) is 0 Å². The minimum atomic E-state index is 0. The number of carbonyl (C=O) groups excluding carboxylic acids is 1. The summed E-state index contributed by atoms with van der Waals surface area (Å²) in [7, 11) is 0. The molecule has 0 aliphatic heterocycles. The van der Waals surface area contributed by atoms with Crippen LogP contribution in [-0.4, -0.2) is 23.5 Å². The standard InChI is InChI=1S/C16H25N3OS.2ClH/c1-10-9-21-13(19-10)4-2-3-7-18-16(20)14-11-5-6-12(8-11)15(14)17;;/h9,11-12,14-15H,2-8,17H2,1H3,(H,18,20);2*1H. The van der Waals surface area contributed by atoms with Crippen LogP contribution in [-0.2, 0) is 11.2 Å². The number of aromatic nitrogens is 1. The summed E-state index contributed by atoms with van der Waals surface area (Å²) in [5.74, 6) is 1.41. The van der Waals surface area contributed by atoms with Crippen LogP contribution in [0.3, 0.4) is 0 Å². The molecule has 2 bridgehead atoms. The normalized spacial score (nSPS) is 28.1. The summed E-state index contributed by atoms with van der Waals surface area (Å²) in [4.78, 5) is 16.7. The molecule has 1 aromatic heterocycles. The molecule has 3 rings (SSSR count). The second kappa shape index (κ2) is 9.21. The molecule has 4 atom stereocenters. The second-order valence-corrected chi connectivity index (χ2v) is 7.51. The zero-order chi connectivity index (χ0) is 14.8. The average molecular weight is 380 g/mol. The number of nitrogens with two attached hydrogens (primary N) is 1. The molecule has 23 heavy (non-hydrogen) atoms. The minimum Gasteiger partial charge on any atom is -0.356 e. The quantitative estimate of drug-likeness (QED) is 0.746. The lowest BCUT2D eigenvalue weighted by atomic mass is 9.84. The number of nitrogens with one attached hydrogen (secondary N) is 1. The molecular weight excluding hydrogens is 353 g/mol. The zero-order valence-corrected chi connectivity index (χ0v) is 15.9. The van der Waals surface area contributed by atoms with Crippen LogP contribution in [0.1, 0.15) is 42.8 Å². The van der Waals surface area contributed by atoms with E-state index in [-0.39, 0.29) is 42.7 Å². The van der Waals surface area contributed by atoms with Gasteiger partial charge in [-0.05, 0) is 57.3 Å². The zero-order valence-electron chi connectivity index (χ0n) is 13.5. The lowest BCUT2D eigenvalue weighted by Gasteiger charge is -2.27. The van der Waals surface area contributed by atoms with Crippen LogP contribution in [0.5, 0.6) is 0 Å². The molecule has 2 aliphatic rings. The molecule has 132 valence electrons. The van der Waals surface area contributed by atoms with Crippen molar-refractivity contribution in [2.75, 3.05) is 6.54 Å². The van der Waals surface area contributed by atoms with Gasteiger partial charge in [0, 0.05) is 23.7 Å². The highest BCUT2D eigenvalue weighted by Crippen LogP contribution is 2.47. The SMILES string of the molecule is Cc1csc(CCCCNC(=O)C2C3CCC(C3)C2N)n1.Cl.Cl. The maximum absolute atomic E-state index is 12.3. The molecule has 1 amide bonds. The Morgan fingerprint density at radius 3 is 2.70 bits per heavy atom. The van der Waals surface area contributed by atoms with E-state index in [0.29, 0.717) is 11.8 Å². The first-order chi connectivity index (χ1) is 10.1. The van der Waals surface area contributed by atoms with E-state index >= 15 is 0 Å². The Bertz CT molecular complexity index is 509. The van der Waals surface area contributed by atoms with Crippen molar-refractivity contribution in [3.8, 4) is 0 Å². The van der Waals surface area contributed by atoms with Crippen molar-refractivity contribution < 1.29 is 4.79 Å². The smallest absolute Gasteiger partial charge is 0.224 e. The summed E-state index contributed by atoms with van der Waals surface area (Å²) in [5, 5.41) is 6.39. The van der Waals surface area contributed by atoms with E-state index in [1.807, 2.05) is 6.92 Å². The summed E-state index contributed by atoms with van der Waals surface area (Å²) in [5.41, 5.74) is 7.31. The topological polar surface area (TPSA) is 68.0 Å². The number of rotatable bonds is 6. The van der Waals surface area contributed by atoms with E-state index in [1.165, 1.54) is 24.3 Å². The highest BCUT2D eigenvalue weighted by Gasteiger charge is 2.48. The Balaban J connectivity index is 0.00000132. The Kier molecular flexibility index (Phi) is 8.28. The van der Waals surface area contributed by atoms with Crippen LogP contribution in [0.15, 0.2) is 5.38 Å². The van der Waals surface area contributed by atoms with Crippen molar-refractivity contribution in [3.63, 3.8) is 0 Å². The van der Waals surface area contributed by atoms with Gasteiger partial charge >= 0.3 is 0 Å². The van der Waals surface area contributed by atoms with Gasteiger partial charge in [0.15, 0.2) is 0 Å². The Morgan fingerprint density at radius 2 is 2.09 bits per heavy atom. The molecule has 2 saturated carbocycles. The molecule has 2 aliphatic carbocycles. The number of carbonyl (C=O) groups is 1. The predicted molar refractivity (Wildman–Crippen MR) is 99.6 cm³/mol. The Hall–Kier alpha value is -0.360. The molecule has 3 N–H and O–H groups in total. The van der Waals surface area contributed by atoms with E-state index in [9.17, 15) is 4.79 Å². The molecule has 0 radical (unpaired) electrons. The van der Waals surface area contributed by atoms with Gasteiger partial charge in [-0.3, -0.25) is 4.79 Å². The Labute approximate surface area is 154 Å². The van der Waals surface area contributed by atoms with Crippen molar-refractivity contribution in [2.45, 2.75) is 51.5 Å². The number of hydrogen-bond donors (Lipinski definition) is 2. The first-order valence-corrected chi connectivity index (χ1v) is 8.97. The van der Waals surface area contributed by atoms with Gasteiger partial charge in [0.1, 0.15) is 0 Å². The van der Waals surface area contributed by atoms with Gasteiger partial charge < -0.3 is 11.1 Å². The van der Waals surface area contributed by atoms with Gasteiger partial charge in [-0.25, -0.2) is 4.98 Å². The largest absolute Gasteiger partial charge is 0.356 e. The molecule has 0 aromatic carbocycles. The molecule has 1 aromatic rings. The van der Waals surface area contributed by atoms with Gasteiger partial charge in [-0.15, -0.1) is 36.2 Å². The molecule has 4 unspecified atom stereocenters. The summed E-state index contributed by atoms with van der Waals surface area (Å²) >= 11 is 1.73. The molecule has 0 spiro atoms.